The van der Waals surface area contributed by atoms with Crippen LogP contribution in [0, 0.1) is 0 Å². The fourth-order valence-electron chi connectivity index (χ4n) is 2.19. The van der Waals surface area contributed by atoms with E-state index >= 15 is 0 Å². The highest BCUT2D eigenvalue weighted by atomic mass is 32.2. The smallest absolute Gasteiger partial charge is 0.315 e. The number of nitrogens with zero attached hydrogens (tertiary/aromatic N) is 2. The number of carbonyl (C=O) groups is 1. The molecule has 0 saturated heterocycles. The van der Waals surface area contributed by atoms with Crippen molar-refractivity contribution in [3.05, 3.63) is 47.9 Å². The van der Waals surface area contributed by atoms with E-state index in [0.29, 0.717) is 13.1 Å². The molecule has 1 aliphatic rings. The Morgan fingerprint density at radius 3 is 2.45 bits per heavy atom. The minimum absolute atomic E-state index is 0.414. The quantitative estimate of drug-likeness (QED) is 0.842. The van der Waals surface area contributed by atoms with E-state index in [2.05, 4.69) is 4.98 Å². The Kier molecular flexibility index (Phi) is 3.06. The van der Waals surface area contributed by atoms with Crippen LogP contribution in [0.25, 0.3) is 0 Å². The molecule has 0 fully saturated rings. The zero-order chi connectivity index (χ0) is 14.2. The standard InChI is InChI=1S/C13H12N2O4S/c16-12(9-20(17,18)13-14-5-6-19-13)15-7-10-3-1-2-4-11(10)8-15/h1-6H,7-9H2. The third-order valence-electron chi connectivity index (χ3n) is 3.18. The minimum Gasteiger partial charge on any atom is -0.437 e. The van der Waals surface area contributed by atoms with Crippen molar-refractivity contribution in [2.45, 2.75) is 18.3 Å². The fourth-order valence-corrected chi connectivity index (χ4v) is 3.24. The summed E-state index contributed by atoms with van der Waals surface area (Å²) in [6, 6.07) is 7.67. The number of aromatic nitrogens is 1. The number of carbonyl (C=O) groups excluding carboxylic acids is 1. The molecule has 3 rings (SSSR count). The number of hydrogen-bond donors (Lipinski definition) is 0. The monoisotopic (exact) mass is 292 g/mol. The van der Waals surface area contributed by atoms with Crippen LogP contribution in [-0.2, 0) is 27.7 Å². The molecule has 1 aromatic carbocycles. The number of benzene rings is 1. The summed E-state index contributed by atoms with van der Waals surface area (Å²) in [6.45, 7) is 0.881. The van der Waals surface area contributed by atoms with Crippen LogP contribution in [0.15, 0.2) is 46.4 Å². The van der Waals surface area contributed by atoms with Crippen molar-refractivity contribution >= 4 is 15.7 Å². The molecule has 0 unspecified atom stereocenters. The molecule has 1 aromatic heterocycles. The van der Waals surface area contributed by atoms with Gasteiger partial charge in [0.05, 0.1) is 6.20 Å². The largest absolute Gasteiger partial charge is 0.437 e. The van der Waals surface area contributed by atoms with Gasteiger partial charge in [-0.3, -0.25) is 4.79 Å². The Labute approximate surface area is 116 Å². The van der Waals surface area contributed by atoms with Crippen LogP contribution in [0.1, 0.15) is 11.1 Å². The van der Waals surface area contributed by atoms with Crippen LogP contribution in [0.3, 0.4) is 0 Å². The number of fused-ring (bicyclic) bond motifs is 1. The van der Waals surface area contributed by atoms with Gasteiger partial charge in [0.2, 0.25) is 15.7 Å². The predicted octanol–water partition coefficient (Wildman–Crippen LogP) is 0.991. The van der Waals surface area contributed by atoms with E-state index in [9.17, 15) is 13.2 Å². The van der Waals surface area contributed by atoms with Gasteiger partial charge in [-0.25, -0.2) is 13.4 Å². The molecule has 2 heterocycles. The molecule has 104 valence electrons. The molecule has 7 heteroatoms. The topological polar surface area (TPSA) is 80.5 Å². The summed E-state index contributed by atoms with van der Waals surface area (Å²) < 4.78 is 28.6. The van der Waals surface area contributed by atoms with Crippen LogP contribution < -0.4 is 0 Å². The van der Waals surface area contributed by atoms with E-state index in [0.717, 1.165) is 11.1 Å². The molecule has 2 aromatic rings. The molecule has 1 aliphatic heterocycles. The highest BCUT2D eigenvalue weighted by molar-refractivity contribution is 7.91. The third-order valence-corrected chi connectivity index (χ3v) is 4.54. The Hall–Kier alpha value is -2.15. The molecule has 20 heavy (non-hydrogen) atoms. The average Bonchev–Trinajstić information content (AvgIpc) is 3.07. The van der Waals surface area contributed by atoms with Crippen molar-refractivity contribution in [1.82, 2.24) is 9.88 Å². The maximum absolute atomic E-state index is 12.1. The normalized spacial score (nSPS) is 14.3. The lowest BCUT2D eigenvalue weighted by Crippen LogP contribution is -2.31. The average molecular weight is 292 g/mol. The molecule has 0 aliphatic carbocycles. The first kappa shape index (κ1) is 12.9. The number of oxazole rings is 1. The van der Waals surface area contributed by atoms with E-state index in [1.807, 2.05) is 24.3 Å². The van der Waals surface area contributed by atoms with Gasteiger partial charge in [0.1, 0.15) is 12.0 Å². The van der Waals surface area contributed by atoms with Gasteiger partial charge in [0.15, 0.2) is 0 Å². The zero-order valence-corrected chi connectivity index (χ0v) is 11.3. The highest BCUT2D eigenvalue weighted by Gasteiger charge is 2.29. The summed E-state index contributed by atoms with van der Waals surface area (Å²) in [5, 5.41) is -0.414. The lowest BCUT2D eigenvalue weighted by Gasteiger charge is -2.14. The summed E-state index contributed by atoms with van der Waals surface area (Å²) >= 11 is 0. The third kappa shape index (κ3) is 2.32. The first-order chi connectivity index (χ1) is 9.56. The van der Waals surface area contributed by atoms with Gasteiger partial charge < -0.3 is 9.32 Å². The van der Waals surface area contributed by atoms with Gasteiger partial charge in [0, 0.05) is 13.1 Å². The van der Waals surface area contributed by atoms with E-state index in [1.54, 1.807) is 0 Å². The van der Waals surface area contributed by atoms with Crippen LogP contribution in [0.5, 0.6) is 0 Å². The van der Waals surface area contributed by atoms with Gasteiger partial charge in [-0.1, -0.05) is 24.3 Å². The van der Waals surface area contributed by atoms with Crippen LogP contribution in [0.4, 0.5) is 0 Å². The molecular weight excluding hydrogens is 280 g/mol. The first-order valence-corrected chi connectivity index (χ1v) is 7.68. The second-order valence-corrected chi connectivity index (χ2v) is 6.44. The minimum atomic E-state index is -3.81. The summed E-state index contributed by atoms with van der Waals surface area (Å²) in [5.41, 5.74) is 2.10. The highest BCUT2D eigenvalue weighted by Crippen LogP contribution is 2.22. The van der Waals surface area contributed by atoms with Crippen molar-refractivity contribution in [2.24, 2.45) is 0 Å². The van der Waals surface area contributed by atoms with Crippen LogP contribution in [0.2, 0.25) is 0 Å². The van der Waals surface area contributed by atoms with E-state index < -0.39 is 26.7 Å². The van der Waals surface area contributed by atoms with E-state index in [4.69, 9.17) is 4.42 Å². The van der Waals surface area contributed by atoms with E-state index in [1.165, 1.54) is 17.4 Å². The summed E-state index contributed by atoms with van der Waals surface area (Å²) in [4.78, 5) is 17.2. The number of sulfone groups is 1. The Balaban J connectivity index is 1.73. The summed E-state index contributed by atoms with van der Waals surface area (Å²) in [5.74, 6) is -1.07. The SMILES string of the molecule is O=C(CS(=O)(=O)c1ncco1)N1Cc2ccccc2C1. The Morgan fingerprint density at radius 2 is 1.90 bits per heavy atom. The number of rotatable bonds is 3. The first-order valence-electron chi connectivity index (χ1n) is 6.03. The Bertz CT molecular complexity index is 712. The maximum atomic E-state index is 12.1. The van der Waals surface area contributed by atoms with Gasteiger partial charge >= 0.3 is 5.22 Å². The van der Waals surface area contributed by atoms with Gasteiger partial charge in [-0.15, -0.1) is 0 Å². The van der Waals surface area contributed by atoms with Crippen molar-refractivity contribution in [1.29, 1.82) is 0 Å². The van der Waals surface area contributed by atoms with E-state index in [-0.39, 0.29) is 0 Å². The molecule has 0 spiro atoms. The molecule has 6 nitrogen and oxygen atoms in total. The molecule has 0 atom stereocenters. The lowest BCUT2D eigenvalue weighted by atomic mass is 10.1. The van der Waals surface area contributed by atoms with Crippen molar-refractivity contribution in [2.75, 3.05) is 5.75 Å². The molecule has 1 amide bonds. The number of amides is 1. The molecule has 0 bridgehead atoms. The summed E-state index contributed by atoms with van der Waals surface area (Å²) in [7, 11) is -3.81. The number of hydrogen-bond acceptors (Lipinski definition) is 5. The van der Waals surface area contributed by atoms with Crippen molar-refractivity contribution in [3.8, 4) is 0 Å². The van der Waals surface area contributed by atoms with Gasteiger partial charge in [-0.2, -0.15) is 0 Å². The van der Waals surface area contributed by atoms with Crippen LogP contribution in [-0.4, -0.2) is 30.0 Å². The predicted molar refractivity (Wildman–Crippen MR) is 69.3 cm³/mol. The maximum Gasteiger partial charge on any atom is 0.315 e. The summed E-state index contributed by atoms with van der Waals surface area (Å²) in [6.07, 6.45) is 2.41. The lowest BCUT2D eigenvalue weighted by molar-refractivity contribution is -0.129. The fraction of sp³-hybridized carbons (Fsp3) is 0.231. The molecule has 0 N–H and O–H groups in total. The van der Waals surface area contributed by atoms with Crippen LogP contribution >= 0.6 is 0 Å². The van der Waals surface area contributed by atoms with Crippen molar-refractivity contribution < 1.29 is 17.6 Å². The molecular formula is C13H12N2O4S. The van der Waals surface area contributed by atoms with Gasteiger partial charge in [0.25, 0.3) is 0 Å². The van der Waals surface area contributed by atoms with Gasteiger partial charge in [-0.05, 0) is 11.1 Å². The zero-order valence-electron chi connectivity index (χ0n) is 10.5. The second-order valence-electron chi connectivity index (χ2n) is 4.58. The molecule has 0 saturated carbocycles. The second kappa shape index (κ2) is 4.75. The molecule has 0 radical (unpaired) electrons. The Morgan fingerprint density at radius 1 is 1.25 bits per heavy atom. The van der Waals surface area contributed by atoms with Crippen molar-refractivity contribution in [3.63, 3.8) is 0 Å².